The summed E-state index contributed by atoms with van der Waals surface area (Å²) in [6, 6.07) is 7.27. The van der Waals surface area contributed by atoms with Gasteiger partial charge in [0.1, 0.15) is 17.1 Å². The number of nitrogens with zero attached hydrogens (tertiary/aromatic N) is 1. The molecule has 2 heterocycles. The van der Waals surface area contributed by atoms with Gasteiger partial charge in [-0.3, -0.25) is 9.78 Å². The van der Waals surface area contributed by atoms with Crippen molar-refractivity contribution in [1.82, 2.24) is 4.98 Å². The molecule has 1 aromatic carbocycles. The van der Waals surface area contributed by atoms with Crippen molar-refractivity contribution in [2.45, 2.75) is 19.9 Å². The molecule has 0 saturated carbocycles. The van der Waals surface area contributed by atoms with E-state index in [0.717, 1.165) is 28.0 Å². The standard InChI is InChI=1S/C18H19N3O3/c1-10-13-8-12(23-3)4-5-16(13)24-17(10)11(2)21-15-6-7-20-9-14(15)18(19)22/h4-9,11H,1-3H3,(H2,19,22)(H,20,21). The molecule has 0 radical (unpaired) electrons. The molecule has 0 aliphatic heterocycles. The van der Waals surface area contributed by atoms with Crippen LogP contribution in [0, 0.1) is 6.92 Å². The predicted molar refractivity (Wildman–Crippen MR) is 92.3 cm³/mol. The number of carbonyl (C=O) groups is 1. The number of rotatable bonds is 5. The number of ether oxygens (including phenoxy) is 1. The number of anilines is 1. The maximum absolute atomic E-state index is 11.5. The van der Waals surface area contributed by atoms with Crippen LogP contribution < -0.4 is 15.8 Å². The number of hydrogen-bond donors (Lipinski definition) is 2. The minimum atomic E-state index is -0.524. The Morgan fingerprint density at radius 3 is 2.88 bits per heavy atom. The average molecular weight is 325 g/mol. The van der Waals surface area contributed by atoms with E-state index in [0.29, 0.717) is 11.3 Å². The first kappa shape index (κ1) is 15.9. The molecule has 2 aromatic heterocycles. The van der Waals surface area contributed by atoms with Crippen molar-refractivity contribution in [3.05, 3.63) is 53.5 Å². The number of furan rings is 1. The van der Waals surface area contributed by atoms with E-state index in [9.17, 15) is 4.79 Å². The predicted octanol–water partition coefficient (Wildman–Crippen LogP) is 3.42. The molecule has 0 spiro atoms. The fourth-order valence-corrected chi connectivity index (χ4v) is 2.77. The molecule has 3 N–H and O–H groups in total. The summed E-state index contributed by atoms with van der Waals surface area (Å²) in [5.41, 5.74) is 8.19. The minimum absolute atomic E-state index is 0.149. The second-order valence-electron chi connectivity index (χ2n) is 5.60. The lowest BCUT2D eigenvalue weighted by molar-refractivity contribution is 0.100. The smallest absolute Gasteiger partial charge is 0.252 e. The molecule has 1 amide bonds. The van der Waals surface area contributed by atoms with Gasteiger partial charge in [-0.2, -0.15) is 0 Å². The van der Waals surface area contributed by atoms with Crippen LogP contribution in [0.25, 0.3) is 11.0 Å². The molecule has 0 aliphatic carbocycles. The summed E-state index contributed by atoms with van der Waals surface area (Å²) in [7, 11) is 1.64. The van der Waals surface area contributed by atoms with Gasteiger partial charge in [-0.25, -0.2) is 0 Å². The molecule has 6 heteroatoms. The van der Waals surface area contributed by atoms with Crippen LogP contribution >= 0.6 is 0 Å². The van der Waals surface area contributed by atoms with E-state index in [1.807, 2.05) is 32.0 Å². The Bertz CT molecular complexity index is 902. The number of benzene rings is 1. The second-order valence-corrected chi connectivity index (χ2v) is 5.60. The van der Waals surface area contributed by atoms with Crippen LogP contribution in [0.3, 0.4) is 0 Å². The first-order valence-corrected chi connectivity index (χ1v) is 7.58. The Hall–Kier alpha value is -3.02. The SMILES string of the molecule is COc1ccc2oc(C(C)Nc3ccncc3C(N)=O)c(C)c2c1. The minimum Gasteiger partial charge on any atom is -0.497 e. The van der Waals surface area contributed by atoms with E-state index in [1.165, 1.54) is 6.20 Å². The first-order valence-electron chi connectivity index (χ1n) is 7.58. The first-order chi connectivity index (χ1) is 11.5. The monoisotopic (exact) mass is 325 g/mol. The van der Waals surface area contributed by atoms with Gasteiger partial charge in [0, 0.05) is 23.3 Å². The summed E-state index contributed by atoms with van der Waals surface area (Å²) >= 11 is 0. The Labute approximate surface area is 139 Å². The van der Waals surface area contributed by atoms with Crippen LogP contribution in [0.5, 0.6) is 5.75 Å². The number of fused-ring (bicyclic) bond motifs is 1. The highest BCUT2D eigenvalue weighted by Gasteiger charge is 2.19. The van der Waals surface area contributed by atoms with Gasteiger partial charge in [-0.05, 0) is 38.1 Å². The van der Waals surface area contributed by atoms with Crippen LogP contribution in [0.4, 0.5) is 5.69 Å². The van der Waals surface area contributed by atoms with Gasteiger partial charge >= 0.3 is 0 Å². The number of nitrogens with two attached hydrogens (primary N) is 1. The van der Waals surface area contributed by atoms with Crippen molar-refractivity contribution < 1.29 is 13.9 Å². The maximum atomic E-state index is 11.5. The van der Waals surface area contributed by atoms with Crippen molar-refractivity contribution in [2.75, 3.05) is 12.4 Å². The molecule has 0 saturated heterocycles. The maximum Gasteiger partial charge on any atom is 0.252 e. The molecule has 124 valence electrons. The molecule has 3 aromatic rings. The number of nitrogens with one attached hydrogen (secondary N) is 1. The molecular weight excluding hydrogens is 306 g/mol. The Morgan fingerprint density at radius 2 is 2.17 bits per heavy atom. The molecule has 1 unspecified atom stereocenters. The second kappa shape index (κ2) is 6.23. The lowest BCUT2D eigenvalue weighted by Gasteiger charge is -2.15. The third kappa shape index (κ3) is 2.78. The fourth-order valence-electron chi connectivity index (χ4n) is 2.77. The third-order valence-electron chi connectivity index (χ3n) is 4.03. The number of aromatic nitrogens is 1. The number of amides is 1. The molecule has 0 bridgehead atoms. The molecule has 24 heavy (non-hydrogen) atoms. The van der Waals surface area contributed by atoms with Crippen LogP contribution in [-0.2, 0) is 0 Å². The molecular formula is C18H19N3O3. The zero-order chi connectivity index (χ0) is 17.3. The number of primary amides is 1. The third-order valence-corrected chi connectivity index (χ3v) is 4.03. The van der Waals surface area contributed by atoms with Crippen molar-refractivity contribution in [2.24, 2.45) is 5.73 Å². The Morgan fingerprint density at radius 1 is 1.38 bits per heavy atom. The normalized spacial score (nSPS) is 12.1. The van der Waals surface area contributed by atoms with Gasteiger partial charge in [0.05, 0.1) is 24.4 Å². The van der Waals surface area contributed by atoms with Crippen molar-refractivity contribution in [1.29, 1.82) is 0 Å². The van der Waals surface area contributed by atoms with Crippen molar-refractivity contribution in [3.8, 4) is 5.75 Å². The number of hydrogen-bond acceptors (Lipinski definition) is 5. The summed E-state index contributed by atoms with van der Waals surface area (Å²) in [4.78, 5) is 15.5. The van der Waals surface area contributed by atoms with E-state index >= 15 is 0 Å². The van der Waals surface area contributed by atoms with Gasteiger partial charge in [0.15, 0.2) is 0 Å². The van der Waals surface area contributed by atoms with E-state index in [4.69, 9.17) is 14.9 Å². The molecule has 3 rings (SSSR count). The lowest BCUT2D eigenvalue weighted by Crippen LogP contribution is -2.16. The Balaban J connectivity index is 1.96. The van der Waals surface area contributed by atoms with Crippen molar-refractivity contribution >= 4 is 22.6 Å². The van der Waals surface area contributed by atoms with E-state index in [1.54, 1.807) is 19.4 Å². The van der Waals surface area contributed by atoms with Gasteiger partial charge < -0.3 is 20.2 Å². The highest BCUT2D eigenvalue weighted by atomic mass is 16.5. The number of pyridine rings is 1. The summed E-state index contributed by atoms with van der Waals surface area (Å²) in [5.74, 6) is 1.05. The topological polar surface area (TPSA) is 90.4 Å². The summed E-state index contributed by atoms with van der Waals surface area (Å²) < 4.78 is 11.3. The van der Waals surface area contributed by atoms with E-state index in [2.05, 4.69) is 10.3 Å². The summed E-state index contributed by atoms with van der Waals surface area (Å²) in [5, 5.41) is 4.28. The molecule has 6 nitrogen and oxygen atoms in total. The van der Waals surface area contributed by atoms with Crippen LogP contribution in [-0.4, -0.2) is 18.0 Å². The number of methoxy groups -OCH3 is 1. The van der Waals surface area contributed by atoms with Crippen LogP contribution in [0.15, 0.2) is 41.1 Å². The molecule has 0 fully saturated rings. The van der Waals surface area contributed by atoms with E-state index < -0.39 is 5.91 Å². The average Bonchev–Trinajstić information content (AvgIpc) is 2.91. The molecule has 0 aliphatic rings. The number of aryl methyl sites for hydroxylation is 1. The lowest BCUT2D eigenvalue weighted by atomic mass is 10.1. The zero-order valence-corrected chi connectivity index (χ0v) is 13.8. The fraction of sp³-hybridized carbons (Fsp3) is 0.222. The van der Waals surface area contributed by atoms with Crippen LogP contribution in [0.2, 0.25) is 0 Å². The van der Waals surface area contributed by atoms with Gasteiger partial charge in [0.25, 0.3) is 5.91 Å². The largest absolute Gasteiger partial charge is 0.497 e. The van der Waals surface area contributed by atoms with Crippen LogP contribution in [0.1, 0.15) is 34.6 Å². The van der Waals surface area contributed by atoms with E-state index in [-0.39, 0.29) is 6.04 Å². The van der Waals surface area contributed by atoms with Gasteiger partial charge in [0.2, 0.25) is 0 Å². The summed E-state index contributed by atoms with van der Waals surface area (Å²) in [6.45, 7) is 3.97. The highest BCUT2D eigenvalue weighted by molar-refractivity contribution is 5.98. The highest BCUT2D eigenvalue weighted by Crippen LogP contribution is 2.33. The van der Waals surface area contributed by atoms with Gasteiger partial charge in [-0.15, -0.1) is 0 Å². The van der Waals surface area contributed by atoms with Gasteiger partial charge in [-0.1, -0.05) is 0 Å². The quantitative estimate of drug-likeness (QED) is 0.750. The number of carbonyl (C=O) groups excluding carboxylic acids is 1. The summed E-state index contributed by atoms with van der Waals surface area (Å²) in [6.07, 6.45) is 3.06. The van der Waals surface area contributed by atoms with Crippen molar-refractivity contribution in [3.63, 3.8) is 0 Å². The Kier molecular flexibility index (Phi) is 4.12. The zero-order valence-electron chi connectivity index (χ0n) is 13.8. The molecule has 1 atom stereocenters.